The van der Waals surface area contributed by atoms with Crippen LogP contribution in [0.15, 0.2) is 120 Å². The van der Waals surface area contributed by atoms with Crippen molar-refractivity contribution in [3.63, 3.8) is 0 Å². The van der Waals surface area contributed by atoms with Crippen LogP contribution >= 0.6 is 0 Å². The molecule has 0 bridgehead atoms. The van der Waals surface area contributed by atoms with E-state index in [9.17, 15) is 0 Å². The maximum absolute atomic E-state index is 8.62. The first kappa shape index (κ1) is 25.5. The summed E-state index contributed by atoms with van der Waals surface area (Å²) in [6.07, 6.45) is 1.92. The number of rotatable bonds is 4. The van der Waals surface area contributed by atoms with Crippen LogP contribution in [0.25, 0.3) is 66.5 Å². The van der Waals surface area contributed by atoms with E-state index in [0.717, 1.165) is 33.0 Å². The molecule has 0 N–H and O–H groups in total. The Morgan fingerprint density at radius 1 is 0.783 bits per heavy atom. The van der Waals surface area contributed by atoms with Gasteiger partial charge in [0.15, 0.2) is 0 Å². The first-order chi connectivity index (χ1) is 23.8. The third-order valence-corrected chi connectivity index (χ3v) is 7.41. The first-order valence-corrected chi connectivity index (χ1v) is 14.8. The average Bonchev–Trinajstić information content (AvgIpc) is 3.50. The summed E-state index contributed by atoms with van der Waals surface area (Å²) < 4.78 is 46.3. The van der Waals surface area contributed by atoms with Gasteiger partial charge in [0, 0.05) is 56.5 Å². The molecule has 4 aromatic carbocycles. The van der Waals surface area contributed by atoms with Gasteiger partial charge in [0.1, 0.15) is 5.58 Å². The van der Waals surface area contributed by atoms with Crippen LogP contribution in [0.5, 0.6) is 0 Å². The molecule has 0 aliphatic carbocycles. The van der Waals surface area contributed by atoms with E-state index >= 15 is 0 Å². The molecule has 229 valence electrons. The van der Waals surface area contributed by atoms with Crippen molar-refractivity contribution < 1.29 is 31.4 Å². The molecule has 4 nitrogen and oxygen atoms in total. The number of furan rings is 1. The average molecular weight is 781 g/mol. The number of pyridine rings is 3. The Morgan fingerprint density at radius 2 is 1.59 bits per heavy atom. The zero-order valence-corrected chi connectivity index (χ0v) is 27.9. The number of benzene rings is 4. The smallest absolute Gasteiger partial charge is 0.124 e. The van der Waals surface area contributed by atoms with Crippen molar-refractivity contribution in [2.75, 3.05) is 0 Å². The van der Waals surface area contributed by atoms with Gasteiger partial charge < -0.3 is 14.4 Å². The Balaban J connectivity index is 0.000000200. The second-order valence-corrected chi connectivity index (χ2v) is 11.9. The number of aromatic nitrogens is 3. The van der Waals surface area contributed by atoms with E-state index in [2.05, 4.69) is 45.3 Å². The number of aryl methyl sites for hydroxylation is 1. The van der Waals surface area contributed by atoms with Crippen LogP contribution < -0.4 is 0 Å². The van der Waals surface area contributed by atoms with E-state index in [1.807, 2.05) is 81.6 Å². The van der Waals surface area contributed by atoms with Crippen LogP contribution in [-0.2, 0) is 26.5 Å². The molecular weight excluding hydrogens is 743 g/mol. The summed E-state index contributed by atoms with van der Waals surface area (Å²) in [4.78, 5) is 13.3. The van der Waals surface area contributed by atoms with Gasteiger partial charge in [-0.1, -0.05) is 80.3 Å². The van der Waals surface area contributed by atoms with Gasteiger partial charge >= 0.3 is 0 Å². The van der Waals surface area contributed by atoms with Gasteiger partial charge in [-0.25, -0.2) is 0 Å². The van der Waals surface area contributed by atoms with E-state index in [0.29, 0.717) is 27.9 Å². The molecule has 0 saturated carbocycles. The second kappa shape index (κ2) is 13.0. The summed E-state index contributed by atoms with van der Waals surface area (Å²) in [7, 11) is 0. The van der Waals surface area contributed by atoms with Crippen LogP contribution in [-0.4, -0.2) is 15.0 Å². The van der Waals surface area contributed by atoms with Crippen LogP contribution in [0.2, 0.25) is 0 Å². The Hall–Kier alpha value is -4.70. The fourth-order valence-electron chi connectivity index (χ4n) is 5.55. The molecule has 0 saturated heterocycles. The SMILES string of the molecule is [2H]C([2H])([2H])c1cc2oc3c[c-]c(-c4cc(C([2H])([2H])C(C)(C)C)ccn4)c4ccc(n1)c2c34.[Ir].[c-]1ccccc1-c1cc(-c2ccccc2)ccn1. The third kappa shape index (κ3) is 6.48. The van der Waals surface area contributed by atoms with Gasteiger partial charge in [0.2, 0.25) is 0 Å². The summed E-state index contributed by atoms with van der Waals surface area (Å²) in [5.74, 6) is 0. The molecule has 8 rings (SSSR count). The topological polar surface area (TPSA) is 51.8 Å². The molecule has 0 aliphatic rings. The van der Waals surface area contributed by atoms with Crippen molar-refractivity contribution in [1.29, 1.82) is 0 Å². The molecule has 0 amide bonds. The monoisotopic (exact) mass is 781 g/mol. The van der Waals surface area contributed by atoms with Crippen LogP contribution in [0.3, 0.4) is 0 Å². The van der Waals surface area contributed by atoms with Gasteiger partial charge in [0.05, 0.1) is 11.1 Å². The van der Waals surface area contributed by atoms with E-state index in [4.69, 9.17) is 11.3 Å². The number of hydrogen-bond donors (Lipinski definition) is 0. The van der Waals surface area contributed by atoms with Crippen LogP contribution in [0.4, 0.5) is 0 Å². The molecule has 0 unspecified atom stereocenters. The zero-order chi connectivity index (χ0) is 35.3. The van der Waals surface area contributed by atoms with E-state index in [1.54, 1.807) is 30.5 Å². The summed E-state index contributed by atoms with van der Waals surface area (Å²) in [5, 5.41) is 2.45. The molecule has 8 aromatic rings. The summed E-state index contributed by atoms with van der Waals surface area (Å²) in [6, 6.07) is 39.1. The van der Waals surface area contributed by atoms with E-state index in [1.165, 1.54) is 17.2 Å². The molecule has 5 heteroatoms. The number of nitrogens with zero attached hydrogens (tertiary/aromatic N) is 3. The predicted octanol–water partition coefficient (Wildman–Crippen LogP) is 10.5. The van der Waals surface area contributed by atoms with E-state index < -0.39 is 18.6 Å². The Kier molecular flexibility index (Phi) is 7.18. The van der Waals surface area contributed by atoms with Crippen molar-refractivity contribution in [3.8, 4) is 33.6 Å². The van der Waals surface area contributed by atoms with Crippen molar-refractivity contribution >= 4 is 32.8 Å². The second-order valence-electron chi connectivity index (χ2n) is 11.9. The predicted molar refractivity (Wildman–Crippen MR) is 184 cm³/mol. The normalized spacial score (nSPS) is 13.6. The van der Waals surface area contributed by atoms with Gasteiger partial charge in [-0.2, -0.15) is 0 Å². The Bertz CT molecular complexity index is 2380. The summed E-state index contributed by atoms with van der Waals surface area (Å²) in [6.45, 7) is 3.29. The maximum Gasteiger partial charge on any atom is 0.124 e. The van der Waals surface area contributed by atoms with Gasteiger partial charge in [-0.3, -0.25) is 4.98 Å². The molecular formula is C41H33IrN3O-2. The number of hydrogen-bond acceptors (Lipinski definition) is 4. The van der Waals surface area contributed by atoms with Crippen LogP contribution in [0, 0.1) is 24.4 Å². The molecule has 0 fully saturated rings. The minimum atomic E-state index is -2.33. The van der Waals surface area contributed by atoms with Gasteiger partial charge in [-0.15, -0.1) is 53.6 Å². The minimum absolute atomic E-state index is 0. The van der Waals surface area contributed by atoms with Crippen molar-refractivity contribution in [2.45, 2.75) is 34.0 Å². The quantitative estimate of drug-likeness (QED) is 0.132. The van der Waals surface area contributed by atoms with Crippen molar-refractivity contribution in [3.05, 3.63) is 139 Å². The van der Waals surface area contributed by atoms with E-state index in [-0.39, 0.29) is 25.8 Å². The Labute approximate surface area is 290 Å². The van der Waals surface area contributed by atoms with Crippen molar-refractivity contribution in [2.24, 2.45) is 5.41 Å². The fraction of sp³-hybridized carbons (Fsp3) is 0.146. The molecule has 0 aliphatic heterocycles. The van der Waals surface area contributed by atoms with Gasteiger partial charge in [0.25, 0.3) is 0 Å². The molecule has 1 radical (unpaired) electrons. The standard InChI is InChI=1S/C24H21N2O.C17H12N.Ir/c1-14-11-21-23-18(26-14)7-5-17-16(6-8-20(27-21)22(17)23)19-12-15(9-10-25-19)13-24(2,3)4;1-3-7-14(8-4-1)16-11-12-18-17(13-16)15-9-5-2-6-10-15;/h5,7-12H,13H2,1-4H3;1-9,11-13H;/q2*-1;/i1D3,13D2;;. The Morgan fingerprint density at radius 3 is 2.37 bits per heavy atom. The fourth-order valence-corrected chi connectivity index (χ4v) is 5.55. The van der Waals surface area contributed by atoms with Crippen molar-refractivity contribution in [1.82, 2.24) is 15.0 Å². The molecule has 4 heterocycles. The maximum atomic E-state index is 8.62. The zero-order valence-electron chi connectivity index (χ0n) is 30.6. The van der Waals surface area contributed by atoms with Crippen LogP contribution in [0.1, 0.15) is 38.9 Å². The summed E-state index contributed by atoms with van der Waals surface area (Å²) in [5.41, 5.74) is 7.29. The third-order valence-electron chi connectivity index (χ3n) is 7.41. The molecule has 46 heavy (non-hydrogen) atoms. The minimum Gasteiger partial charge on any atom is -0.500 e. The van der Waals surface area contributed by atoms with Gasteiger partial charge in [-0.05, 0) is 64.7 Å². The molecule has 0 atom stereocenters. The molecule has 4 aromatic heterocycles. The summed E-state index contributed by atoms with van der Waals surface area (Å²) >= 11 is 0. The first-order valence-electron chi connectivity index (χ1n) is 17.3. The molecule has 0 spiro atoms. The largest absolute Gasteiger partial charge is 0.500 e.